The molecule has 1 saturated carbocycles. The van der Waals surface area contributed by atoms with Crippen LogP contribution in [0.1, 0.15) is 64.6 Å². The minimum Gasteiger partial charge on any atom is -0.465 e. The van der Waals surface area contributed by atoms with Crippen LogP contribution in [-0.4, -0.2) is 79.1 Å². The van der Waals surface area contributed by atoms with Crippen LogP contribution >= 0.6 is 0 Å². The topological polar surface area (TPSA) is 148 Å². The van der Waals surface area contributed by atoms with Gasteiger partial charge in [0.05, 0.1) is 34.6 Å². The predicted molar refractivity (Wildman–Crippen MR) is 177 cm³/mol. The number of non-ortho nitro benzene ring substituents is 1. The van der Waals surface area contributed by atoms with Gasteiger partial charge >= 0.3 is 12.1 Å². The molecule has 1 aromatic heterocycles. The Bertz CT molecular complexity index is 1760. The quantitative estimate of drug-likeness (QED) is 0.102. The molecule has 3 atom stereocenters. The molecule has 0 radical (unpaired) electrons. The zero-order valence-electron chi connectivity index (χ0n) is 26.4. The number of amides is 2. The molecule has 248 valence electrons. The zero-order chi connectivity index (χ0) is 33.6. The van der Waals surface area contributed by atoms with Gasteiger partial charge in [0.2, 0.25) is 0 Å². The third-order valence-corrected chi connectivity index (χ3v) is 9.22. The number of hydrogen-bond donors (Lipinski definition) is 1. The van der Waals surface area contributed by atoms with Crippen LogP contribution in [0.2, 0.25) is 0 Å². The lowest BCUT2D eigenvalue weighted by molar-refractivity contribution is -0.384. The molecule has 6 rings (SSSR count). The Kier molecular flexibility index (Phi) is 9.79. The summed E-state index contributed by atoms with van der Waals surface area (Å²) in [5.74, 6) is -0.855. The molecule has 2 amide bonds. The van der Waals surface area contributed by atoms with E-state index in [-0.39, 0.29) is 48.5 Å². The second kappa shape index (κ2) is 14.5. The first-order valence-electron chi connectivity index (χ1n) is 16.2. The van der Waals surface area contributed by atoms with E-state index in [1.807, 2.05) is 65.2 Å². The minimum absolute atomic E-state index is 0.114. The van der Waals surface area contributed by atoms with Gasteiger partial charge in [-0.05, 0) is 43.4 Å². The van der Waals surface area contributed by atoms with Gasteiger partial charge < -0.3 is 24.2 Å². The summed E-state index contributed by atoms with van der Waals surface area (Å²) >= 11 is 0. The van der Waals surface area contributed by atoms with E-state index in [2.05, 4.69) is 0 Å². The predicted octanol–water partition coefficient (Wildman–Crippen LogP) is 6.24. The van der Waals surface area contributed by atoms with E-state index in [0.717, 1.165) is 30.4 Å². The Morgan fingerprint density at radius 3 is 2.27 bits per heavy atom. The highest BCUT2D eigenvalue weighted by atomic mass is 16.6. The molecular weight excluding hydrogens is 614 g/mol. The molecule has 0 unspecified atom stereocenters. The maximum Gasteiger partial charge on any atom is 0.407 e. The monoisotopic (exact) mass is 651 g/mol. The minimum atomic E-state index is -1.02. The summed E-state index contributed by atoms with van der Waals surface area (Å²) in [5, 5.41) is 20.9. The molecule has 48 heavy (non-hydrogen) atoms. The molecule has 1 aliphatic carbocycles. The summed E-state index contributed by atoms with van der Waals surface area (Å²) < 4.78 is 8.07. The maximum absolute atomic E-state index is 14.5. The fourth-order valence-corrected chi connectivity index (χ4v) is 6.78. The van der Waals surface area contributed by atoms with Crippen LogP contribution in [0.15, 0.2) is 91.3 Å². The van der Waals surface area contributed by atoms with E-state index in [4.69, 9.17) is 9.72 Å². The van der Waals surface area contributed by atoms with Crippen molar-refractivity contribution in [2.75, 3.05) is 19.6 Å². The van der Waals surface area contributed by atoms with E-state index in [1.54, 1.807) is 11.2 Å². The van der Waals surface area contributed by atoms with Gasteiger partial charge in [0.15, 0.2) is 5.69 Å². The van der Waals surface area contributed by atoms with Crippen LogP contribution in [-0.2, 0) is 11.2 Å². The largest absolute Gasteiger partial charge is 0.465 e. The number of ether oxygens (including phenoxy) is 1. The number of aromatic nitrogens is 2. The number of carbonyl (C=O) groups is 3. The number of piperazine rings is 1. The maximum atomic E-state index is 14.5. The fourth-order valence-electron chi connectivity index (χ4n) is 6.78. The number of rotatable bonds is 8. The van der Waals surface area contributed by atoms with Crippen LogP contribution < -0.4 is 0 Å². The molecule has 1 aliphatic heterocycles. The van der Waals surface area contributed by atoms with Gasteiger partial charge in [-0.25, -0.2) is 14.6 Å². The first-order chi connectivity index (χ1) is 23.3. The van der Waals surface area contributed by atoms with E-state index >= 15 is 0 Å². The zero-order valence-corrected chi connectivity index (χ0v) is 26.4. The SMILES string of the molecule is O=C(O[C@H]1CCCCC[C@H]1n1cnc(C(=O)N2CCN(C(=O)O)C[C@H]2Cc2ccccc2)c1-c1ccccc1)c1ccc([N+](=O)[O-])cc1. The fraction of sp³-hybridized carbons (Fsp3) is 0.333. The van der Waals surface area contributed by atoms with E-state index < -0.39 is 29.1 Å². The Hall–Kier alpha value is -5.52. The lowest BCUT2D eigenvalue weighted by Crippen LogP contribution is -2.57. The Morgan fingerprint density at radius 1 is 0.896 bits per heavy atom. The lowest BCUT2D eigenvalue weighted by atomic mass is 10.00. The third-order valence-electron chi connectivity index (χ3n) is 9.22. The molecule has 3 aromatic carbocycles. The number of imidazole rings is 1. The highest BCUT2D eigenvalue weighted by Crippen LogP contribution is 2.36. The molecule has 0 bridgehead atoms. The molecule has 2 heterocycles. The van der Waals surface area contributed by atoms with Gasteiger partial charge in [-0.3, -0.25) is 14.9 Å². The average Bonchev–Trinajstić information content (AvgIpc) is 3.42. The van der Waals surface area contributed by atoms with Gasteiger partial charge in [-0.2, -0.15) is 0 Å². The Balaban J connectivity index is 1.34. The third kappa shape index (κ3) is 7.07. The van der Waals surface area contributed by atoms with Crippen molar-refractivity contribution in [1.82, 2.24) is 19.4 Å². The number of carbonyl (C=O) groups excluding carboxylic acids is 2. The van der Waals surface area contributed by atoms with Crippen LogP contribution in [0.4, 0.5) is 10.5 Å². The van der Waals surface area contributed by atoms with Crippen LogP contribution in [0.25, 0.3) is 11.3 Å². The Labute approximate surface area is 277 Å². The number of esters is 1. The van der Waals surface area contributed by atoms with Gasteiger partial charge in [0.25, 0.3) is 11.6 Å². The van der Waals surface area contributed by atoms with Crippen LogP contribution in [0.3, 0.4) is 0 Å². The van der Waals surface area contributed by atoms with Crippen molar-refractivity contribution >= 4 is 23.7 Å². The lowest BCUT2D eigenvalue weighted by Gasteiger charge is -2.40. The second-order valence-corrected chi connectivity index (χ2v) is 12.2. The highest BCUT2D eigenvalue weighted by molar-refractivity contribution is 5.98. The first kappa shape index (κ1) is 32.4. The molecule has 0 spiro atoms. The standard InChI is InChI=1S/C36H37N5O7/c42-34(39-21-20-38(36(44)45)23-29(39)22-25-10-4-1-5-11-25)32-33(26-12-6-2-7-13-26)40(24-37-32)30-14-8-3-9-15-31(30)48-35(43)27-16-18-28(19-17-27)41(46)47/h1-2,4-7,10-13,16-19,24,29-31H,3,8-9,14-15,20-23H2,(H,44,45)/t29-,30-,31+/m1/s1. The van der Waals surface area contributed by atoms with Gasteiger partial charge in [-0.1, -0.05) is 73.5 Å². The van der Waals surface area contributed by atoms with E-state index in [1.165, 1.54) is 29.2 Å². The number of hydrogen-bond acceptors (Lipinski definition) is 7. The summed E-state index contributed by atoms with van der Waals surface area (Å²) in [6.07, 6.45) is 4.59. The van der Waals surface area contributed by atoms with Crippen molar-refractivity contribution in [3.8, 4) is 11.3 Å². The number of nitro groups is 1. The van der Waals surface area contributed by atoms with E-state index in [9.17, 15) is 29.6 Å². The number of benzene rings is 3. The van der Waals surface area contributed by atoms with Gasteiger partial charge in [-0.15, -0.1) is 0 Å². The highest BCUT2D eigenvalue weighted by Gasteiger charge is 2.37. The molecule has 1 N–H and O–H groups in total. The molecular formula is C36H37N5O7. The molecule has 4 aromatic rings. The summed E-state index contributed by atoms with van der Waals surface area (Å²) in [4.78, 5) is 58.1. The molecule has 12 nitrogen and oxygen atoms in total. The van der Waals surface area contributed by atoms with Crippen LogP contribution in [0, 0.1) is 10.1 Å². The summed E-state index contributed by atoms with van der Waals surface area (Å²) in [5.41, 5.74) is 2.76. The number of nitrogens with zero attached hydrogens (tertiary/aromatic N) is 5. The van der Waals surface area contributed by atoms with Crippen molar-refractivity contribution in [2.45, 2.75) is 56.7 Å². The number of nitro benzene ring substituents is 1. The molecule has 1 saturated heterocycles. The summed E-state index contributed by atoms with van der Waals surface area (Å²) in [6.45, 7) is 0.598. The van der Waals surface area contributed by atoms with Gasteiger partial charge in [0, 0.05) is 37.3 Å². The molecule has 2 fully saturated rings. The van der Waals surface area contributed by atoms with Crippen molar-refractivity contribution in [3.63, 3.8) is 0 Å². The average molecular weight is 652 g/mol. The molecule has 2 aliphatic rings. The number of carboxylic acid groups (broad SMARTS) is 1. The van der Waals surface area contributed by atoms with Crippen molar-refractivity contribution in [2.24, 2.45) is 0 Å². The summed E-state index contributed by atoms with van der Waals surface area (Å²) in [7, 11) is 0. The van der Waals surface area contributed by atoms with Crippen LogP contribution in [0.5, 0.6) is 0 Å². The first-order valence-corrected chi connectivity index (χ1v) is 16.2. The van der Waals surface area contributed by atoms with Crippen molar-refractivity contribution < 1.29 is 29.2 Å². The van der Waals surface area contributed by atoms with E-state index in [0.29, 0.717) is 25.0 Å². The Morgan fingerprint density at radius 2 is 1.58 bits per heavy atom. The van der Waals surface area contributed by atoms with Crippen molar-refractivity contribution in [3.05, 3.63) is 118 Å². The smallest absolute Gasteiger partial charge is 0.407 e. The van der Waals surface area contributed by atoms with Gasteiger partial charge in [0.1, 0.15) is 6.10 Å². The summed E-state index contributed by atoms with van der Waals surface area (Å²) in [6, 6.07) is 23.9. The molecule has 12 heteroatoms. The normalized spacial score (nSPS) is 19.7. The second-order valence-electron chi connectivity index (χ2n) is 12.2. The van der Waals surface area contributed by atoms with Crippen molar-refractivity contribution in [1.29, 1.82) is 0 Å².